The van der Waals surface area contributed by atoms with E-state index in [0.29, 0.717) is 5.92 Å². The zero-order valence-corrected chi connectivity index (χ0v) is 11.8. The molecule has 0 radical (unpaired) electrons. The molecule has 1 saturated carbocycles. The summed E-state index contributed by atoms with van der Waals surface area (Å²) in [5.41, 5.74) is 0.763. The van der Waals surface area contributed by atoms with Crippen molar-refractivity contribution < 1.29 is 4.79 Å². The number of benzene rings is 2. The fourth-order valence-corrected chi connectivity index (χ4v) is 3.06. The van der Waals surface area contributed by atoms with Crippen LogP contribution in [-0.2, 0) is 0 Å². The van der Waals surface area contributed by atoms with Crippen LogP contribution in [0.3, 0.4) is 0 Å². The monoisotopic (exact) mass is 267 g/mol. The number of hydrogen-bond donors (Lipinski definition) is 1. The van der Waals surface area contributed by atoms with Crippen molar-refractivity contribution in [2.75, 3.05) is 6.54 Å². The van der Waals surface area contributed by atoms with Crippen LogP contribution in [0.4, 0.5) is 0 Å². The molecule has 0 saturated heterocycles. The summed E-state index contributed by atoms with van der Waals surface area (Å²) in [6, 6.07) is 14.1. The topological polar surface area (TPSA) is 29.1 Å². The van der Waals surface area contributed by atoms with Gasteiger partial charge in [-0.15, -0.1) is 0 Å². The van der Waals surface area contributed by atoms with Gasteiger partial charge in [-0.2, -0.15) is 0 Å². The van der Waals surface area contributed by atoms with Gasteiger partial charge in [-0.05, 0) is 41.7 Å². The molecule has 3 rings (SSSR count). The first kappa shape index (κ1) is 13.2. The lowest BCUT2D eigenvalue weighted by Crippen LogP contribution is -2.30. The quantitative estimate of drug-likeness (QED) is 0.889. The van der Waals surface area contributed by atoms with Gasteiger partial charge in [0.2, 0.25) is 0 Å². The maximum absolute atomic E-state index is 12.2. The van der Waals surface area contributed by atoms with Gasteiger partial charge in [0.05, 0.1) is 0 Å². The van der Waals surface area contributed by atoms with Gasteiger partial charge in [-0.3, -0.25) is 4.79 Å². The largest absolute Gasteiger partial charge is 0.352 e. The Morgan fingerprint density at radius 2 is 1.75 bits per heavy atom. The predicted molar refractivity (Wildman–Crippen MR) is 82.9 cm³/mol. The van der Waals surface area contributed by atoms with E-state index in [1.54, 1.807) is 0 Å². The minimum Gasteiger partial charge on any atom is -0.352 e. The summed E-state index contributed by atoms with van der Waals surface area (Å²) < 4.78 is 0. The Kier molecular flexibility index (Phi) is 4.00. The second-order valence-corrected chi connectivity index (χ2v) is 5.78. The van der Waals surface area contributed by atoms with E-state index in [-0.39, 0.29) is 5.91 Å². The van der Waals surface area contributed by atoms with Crippen LogP contribution in [0.25, 0.3) is 10.8 Å². The maximum Gasteiger partial charge on any atom is 0.251 e. The molecule has 1 N–H and O–H groups in total. The Balaban J connectivity index is 1.65. The van der Waals surface area contributed by atoms with E-state index in [0.717, 1.165) is 17.5 Å². The molecule has 0 atom stereocenters. The standard InChI is InChI=1S/C18H21NO/c20-18(19-13-14-6-2-1-3-7-14)17-11-10-15-8-4-5-9-16(15)12-17/h4-5,8-12,14H,1-3,6-7,13H2,(H,19,20). The average molecular weight is 267 g/mol. The van der Waals surface area contributed by atoms with E-state index in [9.17, 15) is 4.79 Å². The summed E-state index contributed by atoms with van der Waals surface area (Å²) in [6.45, 7) is 0.825. The molecule has 2 aromatic carbocycles. The molecule has 0 aliphatic heterocycles. The lowest BCUT2D eigenvalue weighted by Gasteiger charge is -2.21. The third-order valence-corrected chi connectivity index (χ3v) is 4.29. The predicted octanol–water partition coefficient (Wildman–Crippen LogP) is 4.15. The molecule has 104 valence electrons. The number of fused-ring (bicyclic) bond motifs is 1. The highest BCUT2D eigenvalue weighted by Crippen LogP contribution is 2.23. The zero-order chi connectivity index (χ0) is 13.8. The SMILES string of the molecule is O=C(NCC1CCCCC1)c1ccc2ccccc2c1. The molecule has 0 spiro atoms. The molecule has 0 aromatic heterocycles. The number of carbonyl (C=O) groups excluding carboxylic acids is 1. The van der Waals surface area contributed by atoms with Crippen LogP contribution >= 0.6 is 0 Å². The third kappa shape index (κ3) is 3.01. The first-order valence-corrected chi connectivity index (χ1v) is 7.60. The van der Waals surface area contributed by atoms with Crippen molar-refractivity contribution in [2.45, 2.75) is 32.1 Å². The molecule has 2 nitrogen and oxygen atoms in total. The zero-order valence-electron chi connectivity index (χ0n) is 11.8. The molecule has 0 bridgehead atoms. The van der Waals surface area contributed by atoms with Crippen molar-refractivity contribution in [3.63, 3.8) is 0 Å². The van der Waals surface area contributed by atoms with Crippen molar-refractivity contribution in [1.82, 2.24) is 5.32 Å². The Hall–Kier alpha value is -1.83. The lowest BCUT2D eigenvalue weighted by molar-refractivity contribution is 0.0943. The molecule has 0 heterocycles. The van der Waals surface area contributed by atoms with E-state index in [1.165, 1.54) is 37.5 Å². The van der Waals surface area contributed by atoms with Gasteiger partial charge in [-0.1, -0.05) is 49.6 Å². The van der Waals surface area contributed by atoms with Gasteiger partial charge in [0.15, 0.2) is 0 Å². The highest BCUT2D eigenvalue weighted by molar-refractivity contribution is 5.98. The van der Waals surface area contributed by atoms with E-state index < -0.39 is 0 Å². The molecule has 1 fully saturated rings. The van der Waals surface area contributed by atoms with E-state index in [4.69, 9.17) is 0 Å². The Labute approximate surface area is 120 Å². The number of amides is 1. The average Bonchev–Trinajstić information content (AvgIpc) is 2.53. The summed E-state index contributed by atoms with van der Waals surface area (Å²) in [5, 5.41) is 5.39. The smallest absolute Gasteiger partial charge is 0.251 e. The number of hydrogen-bond acceptors (Lipinski definition) is 1. The van der Waals surface area contributed by atoms with Gasteiger partial charge in [0.25, 0.3) is 5.91 Å². The number of carbonyl (C=O) groups is 1. The minimum atomic E-state index is 0.0568. The van der Waals surface area contributed by atoms with Crippen molar-refractivity contribution in [3.8, 4) is 0 Å². The van der Waals surface area contributed by atoms with Crippen LogP contribution in [0.1, 0.15) is 42.5 Å². The molecular formula is C18H21NO. The third-order valence-electron chi connectivity index (χ3n) is 4.29. The van der Waals surface area contributed by atoms with Crippen molar-refractivity contribution in [2.24, 2.45) is 5.92 Å². The minimum absolute atomic E-state index is 0.0568. The molecular weight excluding hydrogens is 246 g/mol. The highest BCUT2D eigenvalue weighted by Gasteiger charge is 2.14. The summed E-state index contributed by atoms with van der Waals surface area (Å²) in [7, 11) is 0. The van der Waals surface area contributed by atoms with Gasteiger partial charge in [0, 0.05) is 12.1 Å². The van der Waals surface area contributed by atoms with Gasteiger partial charge in [0.1, 0.15) is 0 Å². The normalized spacial score (nSPS) is 16.2. The second-order valence-electron chi connectivity index (χ2n) is 5.78. The van der Waals surface area contributed by atoms with Crippen LogP contribution in [0.5, 0.6) is 0 Å². The van der Waals surface area contributed by atoms with Crippen LogP contribution in [-0.4, -0.2) is 12.5 Å². The Morgan fingerprint density at radius 3 is 2.55 bits per heavy atom. The first-order chi connectivity index (χ1) is 9.83. The maximum atomic E-state index is 12.2. The summed E-state index contributed by atoms with van der Waals surface area (Å²) in [4.78, 5) is 12.2. The summed E-state index contributed by atoms with van der Waals surface area (Å²) in [5.74, 6) is 0.731. The van der Waals surface area contributed by atoms with Crippen LogP contribution in [0, 0.1) is 5.92 Å². The molecule has 0 unspecified atom stereocenters. The van der Waals surface area contributed by atoms with Crippen LogP contribution in [0.15, 0.2) is 42.5 Å². The number of nitrogens with one attached hydrogen (secondary N) is 1. The lowest BCUT2D eigenvalue weighted by atomic mass is 9.89. The van der Waals surface area contributed by atoms with Crippen LogP contribution in [0.2, 0.25) is 0 Å². The molecule has 1 amide bonds. The Bertz CT molecular complexity index is 599. The summed E-state index contributed by atoms with van der Waals surface area (Å²) >= 11 is 0. The van der Waals surface area contributed by atoms with Crippen molar-refractivity contribution in [1.29, 1.82) is 0 Å². The van der Waals surface area contributed by atoms with Crippen molar-refractivity contribution >= 4 is 16.7 Å². The number of rotatable bonds is 3. The summed E-state index contributed by atoms with van der Waals surface area (Å²) in [6.07, 6.45) is 6.51. The molecule has 2 aromatic rings. The molecule has 1 aliphatic carbocycles. The molecule has 2 heteroatoms. The fraction of sp³-hybridized carbons (Fsp3) is 0.389. The van der Waals surface area contributed by atoms with E-state index in [2.05, 4.69) is 11.4 Å². The second kappa shape index (κ2) is 6.08. The van der Waals surface area contributed by atoms with E-state index in [1.807, 2.05) is 36.4 Å². The Morgan fingerprint density at radius 1 is 1.00 bits per heavy atom. The molecule has 1 aliphatic rings. The van der Waals surface area contributed by atoms with Gasteiger partial charge in [-0.25, -0.2) is 0 Å². The fourth-order valence-electron chi connectivity index (χ4n) is 3.06. The highest BCUT2D eigenvalue weighted by atomic mass is 16.1. The van der Waals surface area contributed by atoms with Gasteiger partial charge < -0.3 is 5.32 Å². The molecule has 20 heavy (non-hydrogen) atoms. The van der Waals surface area contributed by atoms with E-state index >= 15 is 0 Å². The first-order valence-electron chi connectivity index (χ1n) is 7.60. The van der Waals surface area contributed by atoms with Gasteiger partial charge >= 0.3 is 0 Å². The van der Waals surface area contributed by atoms with Crippen molar-refractivity contribution in [3.05, 3.63) is 48.0 Å². The van der Waals surface area contributed by atoms with Crippen LogP contribution < -0.4 is 5.32 Å².